The maximum atomic E-state index is 14.0. The second-order valence-corrected chi connectivity index (χ2v) is 5.17. The van der Waals surface area contributed by atoms with Gasteiger partial charge >= 0.3 is 0 Å². The molecule has 2 rings (SSSR count). The van der Waals surface area contributed by atoms with Crippen molar-refractivity contribution in [3.8, 4) is 0 Å². The van der Waals surface area contributed by atoms with Crippen LogP contribution in [0.25, 0.3) is 0 Å². The first-order valence-corrected chi connectivity index (χ1v) is 6.94. The quantitative estimate of drug-likeness (QED) is 0.800. The first-order chi connectivity index (χ1) is 9.20. The number of hydrogen-bond donors (Lipinski definition) is 2. The minimum Gasteiger partial charge on any atom is -0.355 e. The van der Waals surface area contributed by atoms with E-state index in [0.29, 0.717) is 18.7 Å². The van der Waals surface area contributed by atoms with Crippen molar-refractivity contribution in [3.05, 3.63) is 35.6 Å². The summed E-state index contributed by atoms with van der Waals surface area (Å²) in [4.78, 5) is 12.5. The summed E-state index contributed by atoms with van der Waals surface area (Å²) in [5.41, 5.74) is 5.28. The molecule has 0 radical (unpaired) electrons. The van der Waals surface area contributed by atoms with Gasteiger partial charge in [0, 0.05) is 12.1 Å². The fraction of sp³-hybridized carbons (Fsp3) is 0.533. The van der Waals surface area contributed by atoms with Crippen LogP contribution in [-0.4, -0.2) is 19.0 Å². The summed E-state index contributed by atoms with van der Waals surface area (Å²) in [5.74, 6) is -0.332. The molecule has 0 unspecified atom stereocenters. The number of amides is 1. The second-order valence-electron chi connectivity index (χ2n) is 5.17. The van der Waals surface area contributed by atoms with Crippen LogP contribution in [0.1, 0.15) is 37.7 Å². The second kappa shape index (κ2) is 6.15. The van der Waals surface area contributed by atoms with Crippen LogP contribution in [0.2, 0.25) is 0 Å². The molecular formula is C15H21FN2O. The third kappa shape index (κ3) is 2.78. The highest BCUT2D eigenvalue weighted by atomic mass is 19.1. The normalized spacial score (nSPS) is 17.4. The number of carbonyl (C=O) groups excluding carboxylic acids is 1. The molecule has 104 valence electrons. The Morgan fingerprint density at radius 2 is 2.00 bits per heavy atom. The predicted molar refractivity (Wildman–Crippen MR) is 73.2 cm³/mol. The van der Waals surface area contributed by atoms with Crippen LogP contribution in [0.15, 0.2) is 24.3 Å². The lowest BCUT2D eigenvalue weighted by molar-refractivity contribution is -0.126. The first-order valence-electron chi connectivity index (χ1n) is 6.94. The van der Waals surface area contributed by atoms with E-state index in [0.717, 1.165) is 32.1 Å². The van der Waals surface area contributed by atoms with E-state index in [4.69, 9.17) is 5.73 Å². The average Bonchev–Trinajstić information content (AvgIpc) is 2.90. The Morgan fingerprint density at radius 3 is 2.63 bits per heavy atom. The predicted octanol–water partition coefficient (Wildman–Crippen LogP) is 2.10. The van der Waals surface area contributed by atoms with Crippen molar-refractivity contribution in [1.29, 1.82) is 0 Å². The highest BCUT2D eigenvalue weighted by molar-refractivity contribution is 5.88. The molecule has 3 N–H and O–H groups in total. The van der Waals surface area contributed by atoms with Gasteiger partial charge in [0.05, 0.1) is 5.41 Å². The molecule has 19 heavy (non-hydrogen) atoms. The molecule has 0 aromatic heterocycles. The largest absolute Gasteiger partial charge is 0.355 e. The van der Waals surface area contributed by atoms with Crippen molar-refractivity contribution in [1.82, 2.24) is 5.32 Å². The van der Waals surface area contributed by atoms with Gasteiger partial charge in [-0.15, -0.1) is 0 Å². The van der Waals surface area contributed by atoms with Crippen molar-refractivity contribution in [3.63, 3.8) is 0 Å². The molecule has 0 atom stereocenters. The van der Waals surface area contributed by atoms with Crippen LogP contribution < -0.4 is 11.1 Å². The molecule has 0 spiro atoms. The number of benzene rings is 1. The van der Waals surface area contributed by atoms with E-state index in [1.54, 1.807) is 18.2 Å². The Bertz CT molecular complexity index is 442. The van der Waals surface area contributed by atoms with Crippen LogP contribution in [0.4, 0.5) is 4.39 Å². The zero-order valence-corrected chi connectivity index (χ0v) is 11.1. The number of nitrogens with two attached hydrogens (primary N) is 1. The molecule has 1 fully saturated rings. The maximum absolute atomic E-state index is 14.0. The Balaban J connectivity index is 2.23. The lowest BCUT2D eigenvalue weighted by Gasteiger charge is -2.28. The lowest BCUT2D eigenvalue weighted by Crippen LogP contribution is -2.43. The van der Waals surface area contributed by atoms with Crippen molar-refractivity contribution < 1.29 is 9.18 Å². The molecule has 1 aromatic rings. The smallest absolute Gasteiger partial charge is 0.230 e. The molecule has 0 saturated heterocycles. The van der Waals surface area contributed by atoms with E-state index >= 15 is 0 Å². The maximum Gasteiger partial charge on any atom is 0.230 e. The minimum atomic E-state index is -0.681. The zero-order chi connectivity index (χ0) is 13.7. The molecular weight excluding hydrogens is 243 g/mol. The summed E-state index contributed by atoms with van der Waals surface area (Å²) in [6.45, 7) is 1.11. The fourth-order valence-electron chi connectivity index (χ4n) is 2.92. The van der Waals surface area contributed by atoms with E-state index in [2.05, 4.69) is 5.32 Å². The minimum absolute atomic E-state index is 0.0523. The van der Waals surface area contributed by atoms with Gasteiger partial charge in [-0.2, -0.15) is 0 Å². The van der Waals surface area contributed by atoms with Crippen LogP contribution >= 0.6 is 0 Å². The van der Waals surface area contributed by atoms with E-state index in [-0.39, 0.29) is 11.7 Å². The van der Waals surface area contributed by atoms with Crippen molar-refractivity contribution in [2.24, 2.45) is 5.73 Å². The fourth-order valence-corrected chi connectivity index (χ4v) is 2.92. The number of halogens is 1. The van der Waals surface area contributed by atoms with Gasteiger partial charge in [-0.05, 0) is 31.9 Å². The highest BCUT2D eigenvalue weighted by Gasteiger charge is 2.43. The molecule has 0 heterocycles. The van der Waals surface area contributed by atoms with Crippen LogP contribution in [-0.2, 0) is 10.2 Å². The van der Waals surface area contributed by atoms with Gasteiger partial charge in [0.25, 0.3) is 0 Å². The van der Waals surface area contributed by atoms with Gasteiger partial charge in [0.15, 0.2) is 0 Å². The first kappa shape index (κ1) is 14.0. The summed E-state index contributed by atoms with van der Waals surface area (Å²) in [6.07, 6.45) is 4.14. The van der Waals surface area contributed by atoms with Gasteiger partial charge in [0.1, 0.15) is 5.82 Å². The summed E-state index contributed by atoms with van der Waals surface area (Å²) in [7, 11) is 0. The number of hydrogen-bond acceptors (Lipinski definition) is 2. The van der Waals surface area contributed by atoms with Gasteiger partial charge in [0.2, 0.25) is 5.91 Å². The molecule has 4 heteroatoms. The summed E-state index contributed by atoms with van der Waals surface area (Å²) in [6, 6.07) is 6.63. The molecule has 1 amide bonds. The zero-order valence-electron chi connectivity index (χ0n) is 11.1. The van der Waals surface area contributed by atoms with Gasteiger partial charge in [-0.25, -0.2) is 4.39 Å². The topological polar surface area (TPSA) is 55.1 Å². The SMILES string of the molecule is NCCCNC(=O)C1(c2ccccc2F)CCCC1. The summed E-state index contributed by atoms with van der Waals surface area (Å²) < 4.78 is 14.0. The average molecular weight is 264 g/mol. The van der Waals surface area contributed by atoms with Crippen molar-refractivity contribution in [2.45, 2.75) is 37.5 Å². The van der Waals surface area contributed by atoms with E-state index in [1.165, 1.54) is 6.07 Å². The molecule has 1 aliphatic carbocycles. The highest BCUT2D eigenvalue weighted by Crippen LogP contribution is 2.42. The van der Waals surface area contributed by atoms with E-state index in [1.807, 2.05) is 0 Å². The Hall–Kier alpha value is -1.42. The molecule has 1 aromatic carbocycles. The standard InChI is InChI=1S/C15H21FN2O/c16-13-7-2-1-6-12(13)15(8-3-4-9-15)14(19)18-11-5-10-17/h1-2,6-7H,3-5,8-11,17H2,(H,18,19). The Labute approximate surface area is 113 Å². The summed E-state index contributed by atoms with van der Waals surface area (Å²) in [5, 5.41) is 2.91. The Morgan fingerprint density at radius 1 is 1.32 bits per heavy atom. The summed E-state index contributed by atoms with van der Waals surface area (Å²) >= 11 is 0. The number of rotatable bonds is 5. The number of carbonyl (C=O) groups is 1. The number of nitrogens with one attached hydrogen (secondary N) is 1. The van der Waals surface area contributed by atoms with Gasteiger partial charge in [-0.3, -0.25) is 4.79 Å². The molecule has 3 nitrogen and oxygen atoms in total. The third-order valence-electron chi connectivity index (χ3n) is 3.95. The van der Waals surface area contributed by atoms with Crippen molar-refractivity contribution >= 4 is 5.91 Å². The molecule has 1 saturated carbocycles. The van der Waals surface area contributed by atoms with Gasteiger partial charge < -0.3 is 11.1 Å². The third-order valence-corrected chi connectivity index (χ3v) is 3.95. The van der Waals surface area contributed by atoms with Crippen LogP contribution in [0.5, 0.6) is 0 Å². The van der Waals surface area contributed by atoms with Gasteiger partial charge in [-0.1, -0.05) is 31.0 Å². The van der Waals surface area contributed by atoms with Crippen LogP contribution in [0, 0.1) is 5.82 Å². The Kier molecular flexibility index (Phi) is 4.53. The van der Waals surface area contributed by atoms with E-state index < -0.39 is 5.41 Å². The van der Waals surface area contributed by atoms with E-state index in [9.17, 15) is 9.18 Å². The lowest BCUT2D eigenvalue weighted by atomic mass is 9.77. The molecule has 0 aliphatic heterocycles. The van der Waals surface area contributed by atoms with Crippen molar-refractivity contribution in [2.75, 3.05) is 13.1 Å². The monoisotopic (exact) mass is 264 g/mol. The molecule has 0 bridgehead atoms. The van der Waals surface area contributed by atoms with Crippen LogP contribution in [0.3, 0.4) is 0 Å². The molecule has 1 aliphatic rings.